The second kappa shape index (κ2) is 6.30. The van der Waals surface area contributed by atoms with E-state index in [-0.39, 0.29) is 0 Å². The Balaban J connectivity index is 1.80. The van der Waals surface area contributed by atoms with Crippen LogP contribution in [0.2, 0.25) is 0 Å². The Labute approximate surface area is 141 Å². The highest BCUT2D eigenvalue weighted by molar-refractivity contribution is 7.80. The summed E-state index contributed by atoms with van der Waals surface area (Å²) in [4.78, 5) is 10.5. The van der Waals surface area contributed by atoms with Gasteiger partial charge >= 0.3 is 0 Å². The lowest BCUT2D eigenvalue weighted by atomic mass is 10.1. The molecular weight excluding hydrogens is 304 g/mol. The number of nitrogens with one attached hydrogen (secondary N) is 1. The van der Waals surface area contributed by atoms with E-state index < -0.39 is 0 Å². The SMILES string of the molecule is Cc1ccc(N(C)C(=S)Nc2ccc3nccnc3c2)cc1C. The van der Waals surface area contributed by atoms with Gasteiger partial charge in [-0.2, -0.15) is 0 Å². The molecule has 0 bridgehead atoms. The smallest absolute Gasteiger partial charge is 0.177 e. The summed E-state index contributed by atoms with van der Waals surface area (Å²) in [5.74, 6) is 0. The molecule has 0 atom stereocenters. The quantitative estimate of drug-likeness (QED) is 0.720. The fourth-order valence-electron chi connectivity index (χ4n) is 2.30. The van der Waals surface area contributed by atoms with Crippen molar-refractivity contribution >= 4 is 39.7 Å². The molecule has 0 aliphatic carbocycles. The number of nitrogens with zero attached hydrogens (tertiary/aromatic N) is 3. The third-order valence-electron chi connectivity index (χ3n) is 3.90. The number of anilines is 2. The highest BCUT2D eigenvalue weighted by Gasteiger charge is 2.09. The Hall–Kier alpha value is -2.53. The van der Waals surface area contributed by atoms with Gasteiger partial charge < -0.3 is 10.2 Å². The third kappa shape index (κ3) is 3.29. The monoisotopic (exact) mass is 322 g/mol. The summed E-state index contributed by atoms with van der Waals surface area (Å²) in [6.07, 6.45) is 3.37. The average Bonchev–Trinajstić information content (AvgIpc) is 2.56. The fourth-order valence-corrected chi connectivity index (χ4v) is 2.52. The van der Waals surface area contributed by atoms with Gasteiger partial charge in [0.15, 0.2) is 5.11 Å². The standard InChI is InChI=1S/C18H18N4S/c1-12-4-6-15(10-13(12)2)22(3)18(23)21-14-5-7-16-17(11-14)20-9-8-19-16/h4-11H,1-3H3,(H,21,23). The number of fused-ring (bicyclic) bond motifs is 1. The van der Waals surface area contributed by atoms with Crippen LogP contribution in [0.4, 0.5) is 11.4 Å². The predicted molar refractivity (Wildman–Crippen MR) is 100 cm³/mol. The van der Waals surface area contributed by atoms with E-state index in [9.17, 15) is 0 Å². The van der Waals surface area contributed by atoms with Gasteiger partial charge in [0.25, 0.3) is 0 Å². The Morgan fingerprint density at radius 1 is 0.957 bits per heavy atom. The van der Waals surface area contributed by atoms with Gasteiger partial charge in [-0.25, -0.2) is 0 Å². The van der Waals surface area contributed by atoms with Crippen LogP contribution in [0.25, 0.3) is 11.0 Å². The molecule has 0 saturated carbocycles. The van der Waals surface area contributed by atoms with E-state index in [0.29, 0.717) is 5.11 Å². The summed E-state index contributed by atoms with van der Waals surface area (Å²) in [6.45, 7) is 4.21. The van der Waals surface area contributed by atoms with E-state index in [1.807, 2.05) is 30.1 Å². The molecule has 0 spiro atoms. The molecular formula is C18H18N4S. The van der Waals surface area contributed by atoms with E-state index in [1.165, 1.54) is 11.1 Å². The molecule has 3 aromatic rings. The van der Waals surface area contributed by atoms with Gasteiger partial charge in [-0.15, -0.1) is 0 Å². The van der Waals surface area contributed by atoms with Crippen molar-refractivity contribution in [2.24, 2.45) is 0 Å². The summed E-state index contributed by atoms with van der Waals surface area (Å²) < 4.78 is 0. The lowest BCUT2D eigenvalue weighted by Gasteiger charge is -2.22. The molecule has 0 saturated heterocycles. The molecule has 1 N–H and O–H groups in total. The first-order valence-corrected chi connectivity index (χ1v) is 7.78. The molecule has 4 nitrogen and oxygen atoms in total. The van der Waals surface area contributed by atoms with Crippen molar-refractivity contribution < 1.29 is 0 Å². The molecule has 2 aromatic carbocycles. The molecule has 23 heavy (non-hydrogen) atoms. The minimum absolute atomic E-state index is 0.636. The van der Waals surface area contributed by atoms with Crippen LogP contribution in [-0.2, 0) is 0 Å². The van der Waals surface area contributed by atoms with Crippen LogP contribution in [0, 0.1) is 13.8 Å². The molecule has 1 aromatic heterocycles. The van der Waals surface area contributed by atoms with Gasteiger partial charge in [0.1, 0.15) is 0 Å². The number of aromatic nitrogens is 2. The zero-order valence-corrected chi connectivity index (χ0v) is 14.2. The lowest BCUT2D eigenvalue weighted by Crippen LogP contribution is -2.30. The van der Waals surface area contributed by atoms with Crippen molar-refractivity contribution in [3.05, 3.63) is 59.9 Å². The van der Waals surface area contributed by atoms with Gasteiger partial charge in [-0.05, 0) is 67.5 Å². The molecule has 0 fully saturated rings. The van der Waals surface area contributed by atoms with Crippen LogP contribution >= 0.6 is 12.2 Å². The summed E-state index contributed by atoms with van der Waals surface area (Å²) in [7, 11) is 1.96. The molecule has 5 heteroatoms. The van der Waals surface area contributed by atoms with Gasteiger partial charge in [-0.3, -0.25) is 9.97 Å². The number of rotatable bonds is 2. The minimum Gasteiger partial charge on any atom is -0.332 e. The van der Waals surface area contributed by atoms with Gasteiger partial charge in [0.2, 0.25) is 0 Å². The second-order valence-electron chi connectivity index (χ2n) is 5.52. The average molecular weight is 322 g/mol. The molecule has 0 aliphatic rings. The Morgan fingerprint density at radius 2 is 1.70 bits per heavy atom. The normalized spacial score (nSPS) is 10.6. The predicted octanol–water partition coefficient (Wildman–Crippen LogP) is 4.08. The number of benzene rings is 2. The first-order chi connectivity index (χ1) is 11.0. The Kier molecular flexibility index (Phi) is 4.21. The third-order valence-corrected chi connectivity index (χ3v) is 4.28. The van der Waals surface area contributed by atoms with E-state index in [4.69, 9.17) is 12.2 Å². The lowest BCUT2D eigenvalue weighted by molar-refractivity contribution is 1.24. The first kappa shape index (κ1) is 15.4. The van der Waals surface area contributed by atoms with E-state index in [2.05, 4.69) is 47.3 Å². The van der Waals surface area contributed by atoms with Crippen LogP contribution in [0.15, 0.2) is 48.8 Å². The van der Waals surface area contributed by atoms with Gasteiger partial charge in [-0.1, -0.05) is 6.07 Å². The number of aryl methyl sites for hydroxylation is 2. The fraction of sp³-hybridized carbons (Fsp3) is 0.167. The van der Waals surface area contributed by atoms with E-state index in [0.717, 1.165) is 22.4 Å². The topological polar surface area (TPSA) is 41.0 Å². The van der Waals surface area contributed by atoms with E-state index in [1.54, 1.807) is 12.4 Å². The molecule has 3 rings (SSSR count). The second-order valence-corrected chi connectivity index (χ2v) is 5.90. The summed E-state index contributed by atoms with van der Waals surface area (Å²) in [5, 5.41) is 3.89. The highest BCUT2D eigenvalue weighted by atomic mass is 32.1. The number of hydrogen-bond donors (Lipinski definition) is 1. The van der Waals surface area contributed by atoms with Gasteiger partial charge in [0, 0.05) is 30.8 Å². The van der Waals surface area contributed by atoms with E-state index >= 15 is 0 Å². The highest BCUT2D eigenvalue weighted by Crippen LogP contribution is 2.20. The van der Waals surface area contributed by atoms with Crippen LogP contribution < -0.4 is 10.2 Å². The van der Waals surface area contributed by atoms with Crippen molar-refractivity contribution in [3.63, 3.8) is 0 Å². The summed E-state index contributed by atoms with van der Waals surface area (Å²) >= 11 is 5.52. The van der Waals surface area contributed by atoms with Crippen LogP contribution in [-0.4, -0.2) is 22.1 Å². The minimum atomic E-state index is 0.636. The maximum absolute atomic E-state index is 5.52. The van der Waals surface area contributed by atoms with Crippen molar-refractivity contribution in [1.82, 2.24) is 9.97 Å². The molecule has 0 radical (unpaired) electrons. The van der Waals surface area contributed by atoms with Crippen molar-refractivity contribution in [2.75, 3.05) is 17.3 Å². The molecule has 0 amide bonds. The maximum atomic E-state index is 5.52. The zero-order valence-electron chi connectivity index (χ0n) is 13.4. The zero-order chi connectivity index (χ0) is 16.4. The Bertz CT molecular complexity index is 876. The molecule has 1 heterocycles. The number of thiocarbonyl (C=S) groups is 1. The maximum Gasteiger partial charge on any atom is 0.177 e. The summed E-state index contributed by atoms with van der Waals surface area (Å²) in [6, 6.07) is 12.1. The van der Waals surface area contributed by atoms with Crippen LogP contribution in [0.3, 0.4) is 0 Å². The van der Waals surface area contributed by atoms with Crippen molar-refractivity contribution in [2.45, 2.75) is 13.8 Å². The molecule has 0 aliphatic heterocycles. The van der Waals surface area contributed by atoms with Crippen molar-refractivity contribution in [3.8, 4) is 0 Å². The van der Waals surface area contributed by atoms with Crippen LogP contribution in [0.1, 0.15) is 11.1 Å². The number of hydrogen-bond acceptors (Lipinski definition) is 3. The summed E-state index contributed by atoms with van der Waals surface area (Å²) in [5.41, 5.74) is 6.19. The first-order valence-electron chi connectivity index (χ1n) is 7.37. The molecule has 0 unspecified atom stereocenters. The van der Waals surface area contributed by atoms with Crippen molar-refractivity contribution in [1.29, 1.82) is 0 Å². The van der Waals surface area contributed by atoms with Crippen LogP contribution in [0.5, 0.6) is 0 Å². The molecule has 116 valence electrons. The Morgan fingerprint density at radius 3 is 2.43 bits per heavy atom. The van der Waals surface area contributed by atoms with Gasteiger partial charge in [0.05, 0.1) is 11.0 Å². The largest absolute Gasteiger partial charge is 0.332 e.